The van der Waals surface area contributed by atoms with Crippen LogP contribution >= 0.6 is 0 Å². The van der Waals surface area contributed by atoms with E-state index in [1.165, 1.54) is 71.6 Å². The molecule has 0 bridgehead atoms. The van der Waals surface area contributed by atoms with E-state index in [2.05, 4.69) is 157 Å². The summed E-state index contributed by atoms with van der Waals surface area (Å²) < 4.78 is 0. The molecule has 8 rings (SSSR count). The van der Waals surface area contributed by atoms with Crippen molar-refractivity contribution in [3.05, 3.63) is 163 Å². The van der Waals surface area contributed by atoms with Crippen molar-refractivity contribution in [2.45, 2.75) is 26.2 Å². The van der Waals surface area contributed by atoms with Crippen LogP contribution in [0, 0.1) is 11.8 Å². The monoisotopic (exact) mass is 592 g/mol. The van der Waals surface area contributed by atoms with Crippen molar-refractivity contribution in [1.29, 1.82) is 0 Å². The molecule has 2 heteroatoms. The summed E-state index contributed by atoms with van der Waals surface area (Å²) in [6, 6.07) is 40.3. The van der Waals surface area contributed by atoms with E-state index in [1.807, 2.05) is 18.6 Å². The maximum atomic E-state index is 4.40. The topological polar surface area (TPSA) is 25.2 Å². The van der Waals surface area contributed by atoms with Gasteiger partial charge in [0, 0.05) is 36.6 Å². The van der Waals surface area contributed by atoms with Crippen LogP contribution in [0.1, 0.15) is 42.9 Å². The lowest BCUT2D eigenvalue weighted by Gasteiger charge is -2.25. The molecule has 3 unspecified atom stereocenters. The van der Waals surface area contributed by atoms with Crippen LogP contribution < -0.4 is 0 Å². The molecule has 1 aliphatic carbocycles. The summed E-state index contributed by atoms with van der Waals surface area (Å²) in [5.74, 6) is 1.08. The quantitative estimate of drug-likeness (QED) is 0.183. The highest BCUT2D eigenvalue weighted by Gasteiger charge is 2.23. The molecule has 0 spiro atoms. The minimum absolute atomic E-state index is 0.307. The standard InChI is InChI=1S/C44H36N2/c1-29-23-36(32-17-20-45-21-18-32)26-37(24-29)44-40-14-7-6-13-39(40)43(35-12-8-11-34(25-35)38-19-22-46-28-30(38)2)42-27-33(15-16-41(42)44)31-9-4-3-5-10-31/h3-23,25-30,38H,24H2,1-2H3. The third-order valence-electron chi connectivity index (χ3n) is 9.63. The van der Waals surface area contributed by atoms with Gasteiger partial charge in [-0.05, 0) is 102 Å². The molecule has 1 aromatic heterocycles. The fourth-order valence-electron chi connectivity index (χ4n) is 7.46. The third-order valence-corrected chi connectivity index (χ3v) is 9.63. The molecule has 1 aliphatic heterocycles. The van der Waals surface area contributed by atoms with Crippen LogP contribution in [-0.2, 0) is 0 Å². The first-order chi connectivity index (χ1) is 22.6. The Balaban J connectivity index is 1.41. The summed E-state index contributed by atoms with van der Waals surface area (Å²) in [4.78, 5) is 8.67. The molecule has 2 nitrogen and oxygen atoms in total. The van der Waals surface area contributed by atoms with Crippen LogP contribution in [0.2, 0.25) is 0 Å². The first-order valence-electron chi connectivity index (χ1n) is 16.3. The molecule has 46 heavy (non-hydrogen) atoms. The molecule has 0 saturated heterocycles. The number of rotatable bonds is 5. The van der Waals surface area contributed by atoms with Crippen LogP contribution in [0.15, 0.2) is 151 Å². The Kier molecular flexibility index (Phi) is 7.27. The second kappa shape index (κ2) is 11.9. The lowest BCUT2D eigenvalue weighted by atomic mass is 9.79. The van der Waals surface area contributed by atoms with Crippen LogP contribution in [0.3, 0.4) is 0 Å². The zero-order chi connectivity index (χ0) is 31.0. The number of benzene rings is 5. The molecule has 222 valence electrons. The molecule has 3 atom stereocenters. The molecule has 6 aromatic rings. The van der Waals surface area contributed by atoms with Crippen molar-refractivity contribution in [3.63, 3.8) is 0 Å². The molecular formula is C44H36N2. The predicted molar refractivity (Wildman–Crippen MR) is 196 cm³/mol. The lowest BCUT2D eigenvalue weighted by molar-refractivity contribution is 0.682. The van der Waals surface area contributed by atoms with Gasteiger partial charge in [0.15, 0.2) is 0 Å². The largest absolute Gasteiger partial charge is 0.269 e. The maximum Gasteiger partial charge on any atom is 0.0273 e. The van der Waals surface area contributed by atoms with E-state index in [9.17, 15) is 0 Å². The number of nitrogens with zero attached hydrogens (tertiary/aromatic N) is 2. The van der Waals surface area contributed by atoms with Gasteiger partial charge in [0.05, 0.1) is 0 Å². The molecule has 0 amide bonds. The van der Waals surface area contributed by atoms with Crippen molar-refractivity contribution in [2.24, 2.45) is 16.8 Å². The maximum absolute atomic E-state index is 4.40. The van der Waals surface area contributed by atoms with E-state index in [4.69, 9.17) is 0 Å². The minimum Gasteiger partial charge on any atom is -0.269 e. The minimum atomic E-state index is 0.307. The van der Waals surface area contributed by atoms with Gasteiger partial charge in [-0.25, -0.2) is 0 Å². The molecule has 0 saturated carbocycles. The van der Waals surface area contributed by atoms with Crippen molar-refractivity contribution >= 4 is 38.9 Å². The second-order valence-corrected chi connectivity index (χ2v) is 12.8. The number of hydrogen-bond acceptors (Lipinski definition) is 2. The van der Waals surface area contributed by atoms with Gasteiger partial charge in [-0.15, -0.1) is 0 Å². The van der Waals surface area contributed by atoms with Crippen LogP contribution in [-0.4, -0.2) is 11.2 Å². The number of pyridine rings is 1. The van der Waals surface area contributed by atoms with Gasteiger partial charge < -0.3 is 0 Å². The van der Waals surface area contributed by atoms with Crippen LogP contribution in [0.25, 0.3) is 54.9 Å². The van der Waals surface area contributed by atoms with Crippen molar-refractivity contribution < 1.29 is 0 Å². The second-order valence-electron chi connectivity index (χ2n) is 12.8. The summed E-state index contributed by atoms with van der Waals surface area (Å²) in [6.07, 6.45) is 15.8. The van der Waals surface area contributed by atoms with Gasteiger partial charge in [-0.2, -0.15) is 0 Å². The van der Waals surface area contributed by atoms with E-state index >= 15 is 0 Å². The van der Waals surface area contributed by atoms with Crippen molar-refractivity contribution in [1.82, 2.24) is 4.98 Å². The summed E-state index contributed by atoms with van der Waals surface area (Å²) in [7, 11) is 0. The Bertz CT molecular complexity index is 2200. The first kappa shape index (κ1) is 28.2. The van der Waals surface area contributed by atoms with Crippen LogP contribution in [0.5, 0.6) is 0 Å². The summed E-state index contributed by atoms with van der Waals surface area (Å²) in [5, 5.41) is 5.17. The molecule has 2 aliphatic rings. The van der Waals surface area contributed by atoms with Crippen LogP contribution in [0.4, 0.5) is 0 Å². The smallest absolute Gasteiger partial charge is 0.0273 e. The van der Waals surface area contributed by atoms with Crippen molar-refractivity contribution in [3.8, 4) is 22.3 Å². The Morgan fingerprint density at radius 2 is 1.35 bits per heavy atom. The number of hydrogen-bond donors (Lipinski definition) is 0. The number of aliphatic imine (C=N–C) groups is 1. The third kappa shape index (κ3) is 5.10. The fraction of sp³-hybridized carbons (Fsp3) is 0.136. The molecule has 2 heterocycles. The highest BCUT2D eigenvalue weighted by molar-refractivity contribution is 6.20. The van der Waals surface area contributed by atoms with E-state index in [-0.39, 0.29) is 0 Å². The number of fused-ring (bicyclic) bond motifs is 2. The summed E-state index contributed by atoms with van der Waals surface area (Å²) in [6.45, 7) is 4.58. The molecule has 0 radical (unpaired) electrons. The van der Waals surface area contributed by atoms with Gasteiger partial charge in [0.25, 0.3) is 0 Å². The molecular weight excluding hydrogens is 556 g/mol. The lowest BCUT2D eigenvalue weighted by Crippen LogP contribution is -2.11. The van der Waals surface area contributed by atoms with Gasteiger partial charge in [-0.3, -0.25) is 9.98 Å². The Labute approximate surface area is 271 Å². The highest BCUT2D eigenvalue weighted by atomic mass is 14.7. The van der Waals surface area contributed by atoms with Gasteiger partial charge in [0.1, 0.15) is 0 Å². The summed E-state index contributed by atoms with van der Waals surface area (Å²) in [5.41, 5.74) is 11.5. The number of allylic oxidation sites excluding steroid dienone is 5. The normalized spacial score (nSPS) is 19.3. The SMILES string of the molecule is CC1C=C(c2ccncc2)C=C(c2c3ccccc3c(-c3cccc(C4C=CN=CC4C)c3)c3cc(-c4ccccc4)ccc23)C1. The zero-order valence-electron chi connectivity index (χ0n) is 26.3. The Morgan fingerprint density at radius 1 is 0.609 bits per heavy atom. The molecule has 0 fully saturated rings. The van der Waals surface area contributed by atoms with Gasteiger partial charge in [0.2, 0.25) is 0 Å². The van der Waals surface area contributed by atoms with E-state index in [0.29, 0.717) is 17.8 Å². The molecule has 0 N–H and O–H groups in total. The van der Waals surface area contributed by atoms with Gasteiger partial charge in [-0.1, -0.05) is 123 Å². The van der Waals surface area contributed by atoms with E-state index in [0.717, 1.165) is 6.42 Å². The fourth-order valence-corrected chi connectivity index (χ4v) is 7.46. The average molecular weight is 593 g/mol. The van der Waals surface area contributed by atoms with E-state index in [1.54, 1.807) is 0 Å². The first-order valence-corrected chi connectivity index (χ1v) is 16.3. The Hall–Kier alpha value is -5.34. The predicted octanol–water partition coefficient (Wildman–Crippen LogP) is 11.5. The van der Waals surface area contributed by atoms with Gasteiger partial charge >= 0.3 is 0 Å². The zero-order valence-corrected chi connectivity index (χ0v) is 26.3. The Morgan fingerprint density at radius 3 is 2.15 bits per heavy atom. The van der Waals surface area contributed by atoms with Crippen molar-refractivity contribution in [2.75, 3.05) is 0 Å². The summed E-state index contributed by atoms with van der Waals surface area (Å²) >= 11 is 0. The highest BCUT2D eigenvalue weighted by Crippen LogP contribution is 2.46. The van der Waals surface area contributed by atoms with E-state index < -0.39 is 0 Å². The number of aromatic nitrogens is 1. The average Bonchev–Trinajstić information content (AvgIpc) is 3.11. The molecule has 5 aromatic carbocycles.